The Bertz CT molecular complexity index is 1000. The average Bonchev–Trinajstić information content (AvgIpc) is 3.45. The lowest BCUT2D eigenvalue weighted by atomic mass is 10.2. The molecule has 2 heterocycles. The first kappa shape index (κ1) is 21.3. The molecule has 0 bridgehead atoms. The number of amides is 2. The molecule has 2 N–H and O–H groups in total. The number of benzene rings is 1. The van der Waals surface area contributed by atoms with E-state index < -0.39 is 0 Å². The number of nitrogens with one attached hydrogen (secondary N) is 2. The Morgan fingerprint density at radius 3 is 2.67 bits per heavy atom. The minimum absolute atomic E-state index is 0.108. The molecule has 0 saturated carbocycles. The zero-order chi connectivity index (χ0) is 21.5. The molecule has 3 aromatic rings. The largest absolute Gasteiger partial charge is 0.493 e. The number of carbonyl (C=O) groups excluding carboxylic acids is 2. The van der Waals surface area contributed by atoms with E-state index in [-0.39, 0.29) is 23.6 Å². The summed E-state index contributed by atoms with van der Waals surface area (Å²) in [4.78, 5) is 25.7. The van der Waals surface area contributed by atoms with Gasteiger partial charge in [-0.05, 0) is 36.6 Å². The Labute approximate surface area is 178 Å². The van der Waals surface area contributed by atoms with Gasteiger partial charge in [-0.1, -0.05) is 11.3 Å². The maximum absolute atomic E-state index is 12.3. The third-order valence-electron chi connectivity index (χ3n) is 4.36. The van der Waals surface area contributed by atoms with Gasteiger partial charge in [-0.15, -0.1) is 16.4 Å². The number of thiophene rings is 1. The van der Waals surface area contributed by atoms with Gasteiger partial charge in [0.15, 0.2) is 17.2 Å². The molecular weight excluding hydrogens is 406 g/mol. The van der Waals surface area contributed by atoms with Gasteiger partial charge in [0.1, 0.15) is 0 Å². The van der Waals surface area contributed by atoms with Crippen molar-refractivity contribution >= 4 is 23.2 Å². The number of methoxy groups -OCH3 is 2. The predicted molar refractivity (Wildman–Crippen MR) is 112 cm³/mol. The second-order valence-electron chi connectivity index (χ2n) is 6.40. The molecular formula is C20H23N5O4S. The topological polar surface area (TPSA) is 107 Å². The van der Waals surface area contributed by atoms with E-state index in [2.05, 4.69) is 20.9 Å². The quantitative estimate of drug-likeness (QED) is 0.540. The van der Waals surface area contributed by atoms with Crippen LogP contribution in [-0.2, 0) is 6.54 Å². The van der Waals surface area contributed by atoms with E-state index in [0.29, 0.717) is 30.2 Å². The summed E-state index contributed by atoms with van der Waals surface area (Å²) in [5.41, 5.74) is 0.679. The van der Waals surface area contributed by atoms with Crippen molar-refractivity contribution < 1.29 is 19.1 Å². The number of aromatic nitrogens is 3. The van der Waals surface area contributed by atoms with Gasteiger partial charge >= 0.3 is 0 Å². The van der Waals surface area contributed by atoms with Crippen molar-refractivity contribution in [2.45, 2.75) is 19.5 Å². The standard InChI is InChI=1S/C20H23N5O4S/c1-13(18-5-4-10-30-18)22-20(27)15-12-25(24-23-15)9-8-21-19(26)14-6-7-16(28-2)17(11-14)29-3/h4-7,10-13H,8-9H2,1-3H3,(H,21,26)(H,22,27). The molecule has 1 aromatic carbocycles. The lowest BCUT2D eigenvalue weighted by Crippen LogP contribution is -2.27. The van der Waals surface area contributed by atoms with Crippen LogP contribution in [0.5, 0.6) is 11.5 Å². The first-order chi connectivity index (χ1) is 14.5. The fraction of sp³-hybridized carbons (Fsp3) is 0.300. The molecule has 9 nitrogen and oxygen atoms in total. The maximum Gasteiger partial charge on any atom is 0.273 e. The molecule has 158 valence electrons. The summed E-state index contributed by atoms with van der Waals surface area (Å²) in [6.45, 7) is 2.61. The van der Waals surface area contributed by atoms with Crippen molar-refractivity contribution in [1.29, 1.82) is 0 Å². The number of ether oxygens (including phenoxy) is 2. The zero-order valence-corrected chi connectivity index (χ0v) is 17.7. The minimum atomic E-state index is -0.295. The highest BCUT2D eigenvalue weighted by molar-refractivity contribution is 7.10. The Morgan fingerprint density at radius 2 is 1.97 bits per heavy atom. The van der Waals surface area contributed by atoms with Crippen LogP contribution in [0.3, 0.4) is 0 Å². The number of nitrogens with zero attached hydrogens (tertiary/aromatic N) is 3. The maximum atomic E-state index is 12.3. The van der Waals surface area contributed by atoms with Crippen LogP contribution in [0.2, 0.25) is 0 Å². The van der Waals surface area contributed by atoms with Crippen LogP contribution in [0.15, 0.2) is 41.9 Å². The molecule has 0 aliphatic heterocycles. The molecule has 0 aliphatic carbocycles. The van der Waals surface area contributed by atoms with Gasteiger partial charge in [-0.25, -0.2) is 4.68 Å². The van der Waals surface area contributed by atoms with Gasteiger partial charge in [0.2, 0.25) is 0 Å². The van der Waals surface area contributed by atoms with Crippen molar-refractivity contribution in [3.8, 4) is 11.5 Å². The normalized spacial score (nSPS) is 11.6. The lowest BCUT2D eigenvalue weighted by molar-refractivity contribution is 0.0931. The molecule has 0 spiro atoms. The highest BCUT2D eigenvalue weighted by Crippen LogP contribution is 2.27. The van der Waals surface area contributed by atoms with Crippen molar-refractivity contribution in [3.05, 3.63) is 58.0 Å². The Hall–Kier alpha value is -3.40. The molecule has 0 saturated heterocycles. The van der Waals surface area contributed by atoms with E-state index in [9.17, 15) is 9.59 Å². The fourth-order valence-corrected chi connectivity index (χ4v) is 3.49. The molecule has 1 unspecified atom stereocenters. The molecule has 2 aromatic heterocycles. The summed E-state index contributed by atoms with van der Waals surface area (Å²) in [5, 5.41) is 15.5. The Kier molecular flexibility index (Phi) is 7.02. The highest BCUT2D eigenvalue weighted by Gasteiger charge is 2.15. The minimum Gasteiger partial charge on any atom is -0.493 e. The number of hydrogen-bond donors (Lipinski definition) is 2. The van der Waals surface area contributed by atoms with Gasteiger partial charge in [-0.2, -0.15) is 0 Å². The summed E-state index contributed by atoms with van der Waals surface area (Å²) in [7, 11) is 3.05. The fourth-order valence-electron chi connectivity index (χ4n) is 2.75. The van der Waals surface area contributed by atoms with E-state index in [1.807, 2.05) is 24.4 Å². The number of hydrogen-bond acceptors (Lipinski definition) is 7. The highest BCUT2D eigenvalue weighted by atomic mass is 32.1. The second-order valence-corrected chi connectivity index (χ2v) is 7.38. The monoisotopic (exact) mass is 429 g/mol. The molecule has 30 heavy (non-hydrogen) atoms. The smallest absolute Gasteiger partial charge is 0.273 e. The first-order valence-corrected chi connectivity index (χ1v) is 10.1. The molecule has 3 rings (SSSR count). The summed E-state index contributed by atoms with van der Waals surface area (Å²) in [5.74, 6) is 0.486. The lowest BCUT2D eigenvalue weighted by Gasteiger charge is -2.10. The van der Waals surface area contributed by atoms with Crippen LogP contribution in [-0.4, -0.2) is 47.6 Å². The summed E-state index contributed by atoms with van der Waals surface area (Å²) in [6.07, 6.45) is 1.55. The van der Waals surface area contributed by atoms with Gasteiger partial charge < -0.3 is 20.1 Å². The van der Waals surface area contributed by atoms with Crippen molar-refractivity contribution in [2.75, 3.05) is 20.8 Å². The molecule has 2 amide bonds. The average molecular weight is 430 g/mol. The van der Waals surface area contributed by atoms with E-state index in [1.54, 1.807) is 35.7 Å². The third-order valence-corrected chi connectivity index (χ3v) is 5.42. The number of carbonyl (C=O) groups is 2. The second kappa shape index (κ2) is 9.88. The third kappa shape index (κ3) is 5.15. The van der Waals surface area contributed by atoms with Gasteiger partial charge in [0, 0.05) is 17.0 Å². The Balaban J connectivity index is 1.50. The van der Waals surface area contributed by atoms with Crippen molar-refractivity contribution in [3.63, 3.8) is 0 Å². The van der Waals surface area contributed by atoms with E-state index in [1.165, 1.54) is 18.9 Å². The van der Waals surface area contributed by atoms with Crippen LogP contribution in [0.4, 0.5) is 0 Å². The van der Waals surface area contributed by atoms with Crippen LogP contribution >= 0.6 is 11.3 Å². The van der Waals surface area contributed by atoms with Crippen molar-refractivity contribution in [1.82, 2.24) is 25.6 Å². The molecule has 10 heteroatoms. The van der Waals surface area contributed by atoms with E-state index in [0.717, 1.165) is 4.88 Å². The molecule has 0 radical (unpaired) electrons. The van der Waals surface area contributed by atoms with Crippen LogP contribution in [0, 0.1) is 0 Å². The summed E-state index contributed by atoms with van der Waals surface area (Å²) >= 11 is 1.58. The predicted octanol–water partition coefficient (Wildman–Crippen LogP) is 2.28. The van der Waals surface area contributed by atoms with Gasteiger partial charge in [0.05, 0.1) is 33.0 Å². The first-order valence-electron chi connectivity index (χ1n) is 9.26. The summed E-state index contributed by atoms with van der Waals surface area (Å²) in [6, 6.07) is 8.74. The van der Waals surface area contributed by atoms with Crippen LogP contribution in [0.1, 0.15) is 38.7 Å². The van der Waals surface area contributed by atoms with Gasteiger partial charge in [0.25, 0.3) is 11.8 Å². The van der Waals surface area contributed by atoms with E-state index in [4.69, 9.17) is 9.47 Å². The molecule has 1 atom stereocenters. The summed E-state index contributed by atoms with van der Waals surface area (Å²) < 4.78 is 11.9. The molecule has 0 fully saturated rings. The van der Waals surface area contributed by atoms with Crippen molar-refractivity contribution in [2.24, 2.45) is 0 Å². The SMILES string of the molecule is COc1ccc(C(=O)NCCn2cc(C(=O)NC(C)c3cccs3)nn2)cc1OC. The van der Waals surface area contributed by atoms with E-state index >= 15 is 0 Å². The van der Waals surface area contributed by atoms with Crippen LogP contribution in [0.25, 0.3) is 0 Å². The van der Waals surface area contributed by atoms with Gasteiger partial charge in [-0.3, -0.25) is 9.59 Å². The van der Waals surface area contributed by atoms with Crippen LogP contribution < -0.4 is 20.1 Å². The molecule has 0 aliphatic rings. The Morgan fingerprint density at radius 1 is 1.17 bits per heavy atom. The zero-order valence-electron chi connectivity index (χ0n) is 16.9. The number of rotatable bonds is 9.